The minimum absolute atomic E-state index is 0.149. The zero-order valence-electron chi connectivity index (χ0n) is 15.0. The van der Waals surface area contributed by atoms with Gasteiger partial charge in [-0.15, -0.1) is 11.3 Å². The Bertz CT molecular complexity index is 1030. The number of ether oxygens (including phenoxy) is 1. The number of fused-ring (bicyclic) bond motifs is 1. The third-order valence-electron chi connectivity index (χ3n) is 4.94. The van der Waals surface area contributed by atoms with Gasteiger partial charge in [-0.05, 0) is 19.8 Å². The number of carbonyl (C=O) groups is 1. The van der Waals surface area contributed by atoms with Crippen molar-refractivity contribution in [3.05, 3.63) is 45.3 Å². The van der Waals surface area contributed by atoms with E-state index in [1.165, 1.54) is 54.2 Å². The maximum atomic E-state index is 12.5. The predicted octanol–water partition coefficient (Wildman–Crippen LogP) is 3.77. The molecule has 8 heteroatoms. The van der Waals surface area contributed by atoms with Crippen molar-refractivity contribution in [1.82, 2.24) is 19.6 Å². The van der Waals surface area contributed by atoms with E-state index in [0.717, 1.165) is 10.7 Å². The molecule has 0 atom stereocenters. The maximum absolute atomic E-state index is 12.5. The molecule has 1 fully saturated rings. The van der Waals surface area contributed by atoms with Gasteiger partial charge >= 0.3 is 5.97 Å². The number of hydrogen-bond acceptors (Lipinski definition) is 7. The summed E-state index contributed by atoms with van der Waals surface area (Å²) in [4.78, 5) is 21.4. The molecule has 0 bridgehead atoms. The first-order chi connectivity index (χ1) is 13.2. The van der Waals surface area contributed by atoms with Crippen molar-refractivity contribution in [2.45, 2.75) is 51.6 Å². The first-order valence-electron chi connectivity index (χ1n) is 9.02. The van der Waals surface area contributed by atoms with Crippen LogP contribution in [0, 0.1) is 18.3 Å². The third kappa shape index (κ3) is 3.55. The zero-order chi connectivity index (χ0) is 18.8. The van der Waals surface area contributed by atoms with E-state index in [0.29, 0.717) is 28.4 Å². The highest BCUT2D eigenvalue weighted by molar-refractivity contribution is 7.09. The minimum atomic E-state index is -0.467. The van der Waals surface area contributed by atoms with Crippen LogP contribution in [0.4, 0.5) is 0 Å². The second-order valence-electron chi connectivity index (χ2n) is 6.76. The summed E-state index contributed by atoms with van der Waals surface area (Å²) in [7, 11) is 0. The molecule has 7 nitrogen and oxygen atoms in total. The molecule has 0 radical (unpaired) electrons. The Morgan fingerprint density at radius 1 is 1.37 bits per heavy atom. The van der Waals surface area contributed by atoms with Crippen molar-refractivity contribution >= 4 is 23.0 Å². The lowest BCUT2D eigenvalue weighted by molar-refractivity contribution is 0.0470. The molecule has 1 aliphatic rings. The number of nitrogens with zero attached hydrogens (tertiary/aromatic N) is 5. The van der Waals surface area contributed by atoms with E-state index >= 15 is 0 Å². The molecule has 1 saturated carbocycles. The molecule has 3 heterocycles. The second-order valence-corrected chi connectivity index (χ2v) is 7.70. The summed E-state index contributed by atoms with van der Waals surface area (Å²) in [6.45, 7) is 1.87. The summed E-state index contributed by atoms with van der Waals surface area (Å²) in [5.41, 5.74) is 2.77. The lowest BCUT2D eigenvalue weighted by Gasteiger charge is -2.19. The molecule has 0 saturated heterocycles. The average Bonchev–Trinajstić information content (AvgIpc) is 3.32. The van der Waals surface area contributed by atoms with Crippen molar-refractivity contribution in [2.24, 2.45) is 0 Å². The van der Waals surface area contributed by atoms with E-state index in [-0.39, 0.29) is 6.61 Å². The van der Waals surface area contributed by atoms with Crippen LogP contribution in [0.5, 0.6) is 0 Å². The van der Waals surface area contributed by atoms with Gasteiger partial charge < -0.3 is 4.74 Å². The average molecular weight is 381 g/mol. The van der Waals surface area contributed by atoms with Crippen molar-refractivity contribution < 1.29 is 9.53 Å². The molecule has 0 aliphatic heterocycles. The van der Waals surface area contributed by atoms with Crippen molar-refractivity contribution in [3.63, 3.8) is 0 Å². The van der Waals surface area contributed by atoms with Crippen molar-refractivity contribution in [3.8, 4) is 6.07 Å². The van der Waals surface area contributed by atoms with Crippen LogP contribution in [0.2, 0.25) is 0 Å². The van der Waals surface area contributed by atoms with E-state index in [2.05, 4.69) is 20.4 Å². The molecule has 0 aromatic carbocycles. The Morgan fingerprint density at radius 3 is 2.96 bits per heavy atom. The smallest absolute Gasteiger partial charge is 0.341 e. The molecular weight excluding hydrogens is 362 g/mol. The Morgan fingerprint density at radius 2 is 2.19 bits per heavy atom. The summed E-state index contributed by atoms with van der Waals surface area (Å²) in [5, 5.41) is 16.0. The van der Waals surface area contributed by atoms with Gasteiger partial charge in [0.05, 0.1) is 23.1 Å². The maximum Gasteiger partial charge on any atom is 0.341 e. The van der Waals surface area contributed by atoms with E-state index in [1.54, 1.807) is 13.1 Å². The lowest BCUT2D eigenvalue weighted by atomic mass is 9.87. The molecule has 1 aliphatic carbocycles. The summed E-state index contributed by atoms with van der Waals surface area (Å²) < 4.78 is 6.86. The van der Waals surface area contributed by atoms with Gasteiger partial charge in [-0.2, -0.15) is 10.4 Å². The number of hydrogen-bond donors (Lipinski definition) is 0. The van der Waals surface area contributed by atoms with Crippen molar-refractivity contribution in [2.75, 3.05) is 0 Å². The molecule has 138 valence electrons. The van der Waals surface area contributed by atoms with E-state index in [9.17, 15) is 4.79 Å². The molecule has 0 unspecified atom stereocenters. The molecule has 3 aromatic rings. The molecular formula is C19H19N5O2S. The third-order valence-corrected chi connectivity index (χ3v) is 5.78. The van der Waals surface area contributed by atoms with Gasteiger partial charge in [-0.25, -0.2) is 19.3 Å². The first-order valence-corrected chi connectivity index (χ1v) is 9.90. The largest absolute Gasteiger partial charge is 0.455 e. The summed E-state index contributed by atoms with van der Waals surface area (Å²) in [6, 6.07) is 2.03. The molecule has 0 N–H and O–H groups in total. The highest BCUT2D eigenvalue weighted by Crippen LogP contribution is 2.33. The highest BCUT2D eigenvalue weighted by Gasteiger charge is 2.20. The lowest BCUT2D eigenvalue weighted by Crippen LogP contribution is -2.11. The molecule has 0 amide bonds. The molecule has 27 heavy (non-hydrogen) atoms. The topological polar surface area (TPSA) is 93.2 Å². The van der Waals surface area contributed by atoms with Crippen LogP contribution in [-0.2, 0) is 11.3 Å². The number of thiazole rings is 1. The number of nitriles is 1. The number of carbonyl (C=O) groups excluding carboxylic acids is 1. The second kappa shape index (κ2) is 7.45. The molecule has 4 rings (SSSR count). The Kier molecular flexibility index (Phi) is 4.86. The van der Waals surface area contributed by atoms with Crippen LogP contribution in [0.15, 0.2) is 17.8 Å². The summed E-state index contributed by atoms with van der Waals surface area (Å²) in [6.07, 6.45) is 9.22. The minimum Gasteiger partial charge on any atom is -0.455 e. The first kappa shape index (κ1) is 17.6. The summed E-state index contributed by atoms with van der Waals surface area (Å²) in [5.74, 6) is 0.0766. The van der Waals surface area contributed by atoms with Crippen LogP contribution < -0.4 is 0 Å². The van der Waals surface area contributed by atoms with Crippen LogP contribution in [0.1, 0.15) is 70.3 Å². The highest BCUT2D eigenvalue weighted by atomic mass is 32.1. The van der Waals surface area contributed by atoms with Crippen LogP contribution in [0.3, 0.4) is 0 Å². The monoisotopic (exact) mass is 381 g/mol. The van der Waals surface area contributed by atoms with Gasteiger partial charge in [0.15, 0.2) is 5.65 Å². The summed E-state index contributed by atoms with van der Waals surface area (Å²) >= 11 is 1.54. The van der Waals surface area contributed by atoms with Crippen LogP contribution in [0.25, 0.3) is 5.65 Å². The number of aromatic nitrogens is 4. The van der Waals surface area contributed by atoms with Crippen LogP contribution >= 0.6 is 11.3 Å². The van der Waals surface area contributed by atoms with E-state index in [4.69, 9.17) is 10.00 Å². The SMILES string of the molecule is Cc1nc2c(C#N)cnn2cc1C(=O)OCc1nc(C2CCCCC2)cs1. The van der Waals surface area contributed by atoms with Gasteiger partial charge in [0.1, 0.15) is 23.2 Å². The zero-order valence-corrected chi connectivity index (χ0v) is 15.8. The fourth-order valence-corrected chi connectivity index (χ4v) is 4.25. The predicted molar refractivity (Wildman–Crippen MR) is 99.5 cm³/mol. The quantitative estimate of drug-likeness (QED) is 0.639. The van der Waals surface area contributed by atoms with Crippen LogP contribution in [-0.4, -0.2) is 25.6 Å². The number of rotatable bonds is 4. The number of aryl methyl sites for hydroxylation is 1. The molecule has 3 aromatic heterocycles. The fourth-order valence-electron chi connectivity index (χ4n) is 3.46. The van der Waals surface area contributed by atoms with Gasteiger partial charge in [-0.3, -0.25) is 0 Å². The Labute approximate surface area is 160 Å². The Hall–Kier alpha value is -2.79. The number of esters is 1. The van der Waals surface area contributed by atoms with Gasteiger partial charge in [0.25, 0.3) is 0 Å². The van der Waals surface area contributed by atoms with E-state index in [1.807, 2.05) is 6.07 Å². The van der Waals surface area contributed by atoms with Gasteiger partial charge in [0, 0.05) is 17.5 Å². The standard InChI is InChI=1S/C19H19N5O2S/c1-12-15(9-24-18(22-12)14(7-20)8-21-24)19(25)26-10-17-23-16(11-27-17)13-5-3-2-4-6-13/h8-9,11,13H,2-6,10H2,1H3. The van der Waals surface area contributed by atoms with Gasteiger partial charge in [0.2, 0.25) is 0 Å². The Balaban J connectivity index is 1.45. The van der Waals surface area contributed by atoms with Crippen molar-refractivity contribution in [1.29, 1.82) is 5.26 Å². The van der Waals surface area contributed by atoms with Gasteiger partial charge in [-0.1, -0.05) is 19.3 Å². The normalized spacial score (nSPS) is 15.0. The fraction of sp³-hybridized carbons (Fsp3) is 0.421. The molecule has 0 spiro atoms. The van der Waals surface area contributed by atoms with E-state index < -0.39 is 5.97 Å².